The van der Waals surface area contributed by atoms with Crippen molar-refractivity contribution in [1.29, 1.82) is 0 Å². The standard InChI is InChI=1S/C11H11NO2/c1-8-4-2-5-9(6-3-7-12)10(8)11(13)14/h2,4-5H,7,12H2,1H3,(H,13,14). The second kappa shape index (κ2) is 4.45. The molecule has 3 heteroatoms. The molecule has 3 N–H and O–H groups in total. The molecular formula is C11H11NO2. The summed E-state index contributed by atoms with van der Waals surface area (Å²) in [6.45, 7) is 1.98. The average Bonchev–Trinajstić information content (AvgIpc) is 2.14. The normalized spacial score (nSPS) is 9.00. The lowest BCUT2D eigenvalue weighted by Crippen LogP contribution is -2.03. The molecule has 0 spiro atoms. The molecule has 0 amide bonds. The molecule has 0 atom stereocenters. The SMILES string of the molecule is Cc1cccc(C#CCN)c1C(=O)O. The molecule has 14 heavy (non-hydrogen) atoms. The number of benzene rings is 1. The van der Waals surface area contributed by atoms with E-state index in [9.17, 15) is 4.79 Å². The van der Waals surface area contributed by atoms with Gasteiger partial charge in [-0.15, -0.1) is 0 Å². The van der Waals surface area contributed by atoms with Gasteiger partial charge in [0.25, 0.3) is 0 Å². The lowest BCUT2D eigenvalue weighted by molar-refractivity contribution is 0.0696. The zero-order valence-electron chi connectivity index (χ0n) is 7.87. The summed E-state index contributed by atoms with van der Waals surface area (Å²) in [7, 11) is 0. The van der Waals surface area contributed by atoms with E-state index < -0.39 is 5.97 Å². The van der Waals surface area contributed by atoms with E-state index in [1.807, 2.05) is 0 Å². The molecule has 0 saturated carbocycles. The molecule has 0 bridgehead atoms. The van der Waals surface area contributed by atoms with Crippen LogP contribution in [-0.2, 0) is 0 Å². The van der Waals surface area contributed by atoms with Gasteiger partial charge in [0.2, 0.25) is 0 Å². The smallest absolute Gasteiger partial charge is 0.337 e. The molecular weight excluding hydrogens is 178 g/mol. The van der Waals surface area contributed by atoms with Crippen molar-refractivity contribution >= 4 is 5.97 Å². The Hall–Kier alpha value is -1.79. The molecule has 0 saturated heterocycles. The average molecular weight is 189 g/mol. The van der Waals surface area contributed by atoms with Crippen LogP contribution in [0.4, 0.5) is 0 Å². The molecule has 0 fully saturated rings. The Bertz CT molecular complexity index is 413. The van der Waals surface area contributed by atoms with Gasteiger partial charge in [0.15, 0.2) is 0 Å². The topological polar surface area (TPSA) is 63.3 Å². The van der Waals surface area contributed by atoms with Crippen LogP contribution in [-0.4, -0.2) is 17.6 Å². The minimum Gasteiger partial charge on any atom is -0.478 e. The zero-order chi connectivity index (χ0) is 10.6. The maximum Gasteiger partial charge on any atom is 0.337 e. The van der Waals surface area contributed by atoms with E-state index in [-0.39, 0.29) is 12.1 Å². The molecule has 0 aliphatic rings. The third-order valence-electron chi connectivity index (χ3n) is 1.81. The van der Waals surface area contributed by atoms with Crippen LogP contribution < -0.4 is 5.73 Å². The molecule has 0 unspecified atom stereocenters. The van der Waals surface area contributed by atoms with Crippen LogP contribution in [0, 0.1) is 18.8 Å². The van der Waals surface area contributed by atoms with E-state index in [1.54, 1.807) is 25.1 Å². The fourth-order valence-electron chi connectivity index (χ4n) is 1.20. The molecule has 0 aliphatic heterocycles. The summed E-state index contributed by atoms with van der Waals surface area (Å²) in [6, 6.07) is 5.21. The molecule has 0 heterocycles. The first kappa shape index (κ1) is 10.3. The Kier molecular flexibility index (Phi) is 3.27. The second-order valence-corrected chi connectivity index (χ2v) is 2.81. The van der Waals surface area contributed by atoms with E-state index in [1.165, 1.54) is 0 Å². The number of carboxylic acids is 1. The minimum absolute atomic E-state index is 0.229. The second-order valence-electron chi connectivity index (χ2n) is 2.81. The first-order valence-corrected chi connectivity index (χ1v) is 4.18. The van der Waals surface area contributed by atoms with Gasteiger partial charge in [-0.25, -0.2) is 4.79 Å². The highest BCUT2D eigenvalue weighted by atomic mass is 16.4. The third kappa shape index (κ3) is 2.12. The summed E-state index contributed by atoms with van der Waals surface area (Å²) in [4.78, 5) is 10.9. The van der Waals surface area contributed by atoms with Gasteiger partial charge >= 0.3 is 5.97 Å². The van der Waals surface area contributed by atoms with Crippen molar-refractivity contribution in [1.82, 2.24) is 0 Å². The van der Waals surface area contributed by atoms with Crippen molar-refractivity contribution < 1.29 is 9.90 Å². The maximum atomic E-state index is 10.9. The summed E-state index contributed by atoms with van der Waals surface area (Å²) >= 11 is 0. The zero-order valence-corrected chi connectivity index (χ0v) is 7.87. The van der Waals surface area contributed by atoms with E-state index in [0.29, 0.717) is 11.1 Å². The molecule has 1 rings (SSSR count). The van der Waals surface area contributed by atoms with Gasteiger partial charge in [-0.2, -0.15) is 0 Å². The highest BCUT2D eigenvalue weighted by Gasteiger charge is 2.10. The van der Waals surface area contributed by atoms with E-state index in [2.05, 4.69) is 11.8 Å². The van der Waals surface area contributed by atoms with Crippen LogP contribution >= 0.6 is 0 Å². The van der Waals surface area contributed by atoms with E-state index in [4.69, 9.17) is 10.8 Å². The Morgan fingerprint density at radius 1 is 1.57 bits per heavy atom. The Balaban J connectivity index is 3.28. The summed E-state index contributed by atoms with van der Waals surface area (Å²) in [5.41, 5.74) is 6.70. The Labute approximate surface area is 82.6 Å². The Morgan fingerprint density at radius 3 is 2.86 bits per heavy atom. The minimum atomic E-state index is -0.954. The van der Waals surface area contributed by atoms with Crippen molar-refractivity contribution in [3.63, 3.8) is 0 Å². The van der Waals surface area contributed by atoms with Gasteiger partial charge in [-0.1, -0.05) is 24.0 Å². The molecule has 0 aromatic heterocycles. The van der Waals surface area contributed by atoms with Crippen molar-refractivity contribution in [3.05, 3.63) is 34.9 Å². The lowest BCUT2D eigenvalue weighted by atomic mass is 10.0. The van der Waals surface area contributed by atoms with Gasteiger partial charge in [0.05, 0.1) is 12.1 Å². The predicted molar refractivity (Wildman–Crippen MR) is 54.1 cm³/mol. The van der Waals surface area contributed by atoms with Gasteiger partial charge < -0.3 is 10.8 Å². The first-order chi connectivity index (χ1) is 6.66. The van der Waals surface area contributed by atoms with E-state index >= 15 is 0 Å². The van der Waals surface area contributed by atoms with E-state index in [0.717, 1.165) is 0 Å². The summed E-state index contributed by atoms with van der Waals surface area (Å²) in [6.07, 6.45) is 0. The van der Waals surface area contributed by atoms with Crippen molar-refractivity contribution in [2.24, 2.45) is 5.73 Å². The number of carboxylic acid groups (broad SMARTS) is 1. The van der Waals surface area contributed by atoms with Gasteiger partial charge in [0, 0.05) is 5.56 Å². The molecule has 1 aromatic carbocycles. The summed E-state index contributed by atoms with van der Waals surface area (Å²) in [5.74, 6) is 4.43. The number of nitrogens with two attached hydrogens (primary N) is 1. The number of hydrogen-bond acceptors (Lipinski definition) is 2. The predicted octanol–water partition coefficient (Wildman–Crippen LogP) is 1.00. The number of hydrogen-bond donors (Lipinski definition) is 2. The van der Waals surface area contributed by atoms with Crippen LogP contribution in [0.1, 0.15) is 21.5 Å². The molecule has 72 valence electrons. The Morgan fingerprint density at radius 2 is 2.29 bits per heavy atom. The first-order valence-electron chi connectivity index (χ1n) is 4.18. The largest absolute Gasteiger partial charge is 0.478 e. The van der Waals surface area contributed by atoms with Crippen LogP contribution in [0.25, 0.3) is 0 Å². The molecule has 3 nitrogen and oxygen atoms in total. The maximum absolute atomic E-state index is 10.9. The molecule has 0 radical (unpaired) electrons. The fourth-order valence-corrected chi connectivity index (χ4v) is 1.20. The third-order valence-corrected chi connectivity index (χ3v) is 1.81. The van der Waals surface area contributed by atoms with Crippen LogP contribution in [0.5, 0.6) is 0 Å². The fraction of sp³-hybridized carbons (Fsp3) is 0.182. The van der Waals surface area contributed by atoms with Crippen LogP contribution in [0.15, 0.2) is 18.2 Å². The highest BCUT2D eigenvalue weighted by molar-refractivity contribution is 5.92. The van der Waals surface area contributed by atoms with Crippen LogP contribution in [0.3, 0.4) is 0 Å². The van der Waals surface area contributed by atoms with Crippen molar-refractivity contribution in [3.8, 4) is 11.8 Å². The van der Waals surface area contributed by atoms with Gasteiger partial charge in [0.1, 0.15) is 0 Å². The number of rotatable bonds is 1. The summed E-state index contributed by atoms with van der Waals surface area (Å²) in [5, 5.41) is 8.95. The molecule has 0 aliphatic carbocycles. The lowest BCUT2D eigenvalue weighted by Gasteiger charge is -2.02. The van der Waals surface area contributed by atoms with Crippen molar-refractivity contribution in [2.75, 3.05) is 6.54 Å². The number of aryl methyl sites for hydroxylation is 1. The van der Waals surface area contributed by atoms with Crippen molar-refractivity contribution in [2.45, 2.75) is 6.92 Å². The number of aromatic carboxylic acids is 1. The highest BCUT2D eigenvalue weighted by Crippen LogP contribution is 2.12. The summed E-state index contributed by atoms with van der Waals surface area (Å²) < 4.78 is 0. The monoisotopic (exact) mass is 189 g/mol. The quantitative estimate of drug-likeness (QED) is 0.648. The number of carbonyl (C=O) groups is 1. The molecule has 1 aromatic rings. The van der Waals surface area contributed by atoms with Gasteiger partial charge in [-0.3, -0.25) is 0 Å². The van der Waals surface area contributed by atoms with Gasteiger partial charge in [-0.05, 0) is 18.6 Å². The van der Waals surface area contributed by atoms with Crippen LogP contribution in [0.2, 0.25) is 0 Å².